The molecule has 0 saturated carbocycles. The van der Waals surface area contributed by atoms with Crippen molar-refractivity contribution in [2.24, 2.45) is 0 Å². The highest BCUT2D eigenvalue weighted by Crippen LogP contribution is 1.88. The molecule has 2 N–H and O–H groups in total. The average molecular weight is 113 g/mol. The standard InChI is InChI=1S/C6H11NO/c1-3-6(5-8)4-7-2/h3,5,7-8H,1,4H2,2H3/b6-5-. The van der Waals surface area contributed by atoms with Crippen molar-refractivity contribution >= 4 is 0 Å². The topological polar surface area (TPSA) is 32.3 Å². The SMILES string of the molecule is C=C/C(=C/O)CNC. The third-order valence-electron chi connectivity index (χ3n) is 0.809. The summed E-state index contributed by atoms with van der Waals surface area (Å²) in [6.07, 6.45) is 2.65. The molecule has 0 aliphatic heterocycles. The summed E-state index contributed by atoms with van der Waals surface area (Å²) in [6, 6.07) is 0. The van der Waals surface area contributed by atoms with Crippen LogP contribution in [0, 0.1) is 0 Å². The van der Waals surface area contributed by atoms with Gasteiger partial charge in [0, 0.05) is 6.54 Å². The number of rotatable bonds is 3. The van der Waals surface area contributed by atoms with E-state index in [0.717, 1.165) is 11.8 Å². The summed E-state index contributed by atoms with van der Waals surface area (Å²) in [5.74, 6) is 0. The molecule has 0 atom stereocenters. The van der Waals surface area contributed by atoms with Gasteiger partial charge in [0.25, 0.3) is 0 Å². The van der Waals surface area contributed by atoms with Crippen molar-refractivity contribution in [1.82, 2.24) is 5.32 Å². The average Bonchev–Trinajstić information content (AvgIpc) is 1.83. The van der Waals surface area contributed by atoms with E-state index in [-0.39, 0.29) is 0 Å². The summed E-state index contributed by atoms with van der Waals surface area (Å²) in [6.45, 7) is 4.15. The number of aliphatic hydroxyl groups excluding tert-OH is 1. The lowest BCUT2D eigenvalue weighted by atomic mass is 10.3. The van der Waals surface area contributed by atoms with Crippen molar-refractivity contribution in [1.29, 1.82) is 0 Å². The van der Waals surface area contributed by atoms with Gasteiger partial charge < -0.3 is 10.4 Å². The van der Waals surface area contributed by atoms with E-state index in [0.29, 0.717) is 6.54 Å². The minimum absolute atomic E-state index is 0.667. The first kappa shape index (κ1) is 7.24. The van der Waals surface area contributed by atoms with E-state index in [1.54, 1.807) is 6.08 Å². The number of likely N-dealkylation sites (N-methyl/N-ethyl adjacent to an activating group) is 1. The van der Waals surface area contributed by atoms with Crippen molar-refractivity contribution in [2.75, 3.05) is 13.6 Å². The maximum absolute atomic E-state index is 8.38. The van der Waals surface area contributed by atoms with Crippen molar-refractivity contribution in [3.63, 3.8) is 0 Å². The van der Waals surface area contributed by atoms with Gasteiger partial charge in [-0.1, -0.05) is 12.7 Å². The summed E-state index contributed by atoms with van der Waals surface area (Å²) in [7, 11) is 1.81. The second-order valence-corrected chi connectivity index (χ2v) is 1.44. The fourth-order valence-electron chi connectivity index (χ4n) is 0.375. The Labute approximate surface area is 49.5 Å². The number of hydrogen-bond donors (Lipinski definition) is 2. The predicted molar refractivity (Wildman–Crippen MR) is 34.8 cm³/mol. The Morgan fingerprint density at radius 3 is 2.62 bits per heavy atom. The monoisotopic (exact) mass is 113 g/mol. The van der Waals surface area contributed by atoms with Gasteiger partial charge in [0.2, 0.25) is 0 Å². The molecule has 0 rings (SSSR count). The summed E-state index contributed by atoms with van der Waals surface area (Å²) in [4.78, 5) is 0. The van der Waals surface area contributed by atoms with Crippen LogP contribution in [-0.4, -0.2) is 18.7 Å². The first-order chi connectivity index (χ1) is 3.85. The predicted octanol–water partition coefficient (Wildman–Crippen LogP) is 0.834. The van der Waals surface area contributed by atoms with E-state index in [4.69, 9.17) is 5.11 Å². The quantitative estimate of drug-likeness (QED) is 0.420. The van der Waals surface area contributed by atoms with Crippen LogP contribution in [0.15, 0.2) is 24.5 Å². The zero-order valence-corrected chi connectivity index (χ0v) is 5.02. The molecule has 0 fully saturated rings. The first-order valence-electron chi connectivity index (χ1n) is 2.45. The van der Waals surface area contributed by atoms with Crippen LogP contribution in [0.25, 0.3) is 0 Å². The van der Waals surface area contributed by atoms with Crippen molar-refractivity contribution in [3.8, 4) is 0 Å². The highest BCUT2D eigenvalue weighted by atomic mass is 16.2. The van der Waals surface area contributed by atoms with Crippen LogP contribution in [0.5, 0.6) is 0 Å². The summed E-state index contributed by atoms with van der Waals surface area (Å²) < 4.78 is 0. The molecule has 0 saturated heterocycles. The van der Waals surface area contributed by atoms with Crippen molar-refractivity contribution in [3.05, 3.63) is 24.5 Å². The molecule has 0 radical (unpaired) electrons. The van der Waals surface area contributed by atoms with Crippen LogP contribution in [-0.2, 0) is 0 Å². The lowest BCUT2D eigenvalue weighted by Crippen LogP contribution is -2.08. The highest BCUT2D eigenvalue weighted by Gasteiger charge is 1.84. The maximum atomic E-state index is 8.38. The molecule has 0 aromatic carbocycles. The zero-order chi connectivity index (χ0) is 6.41. The first-order valence-corrected chi connectivity index (χ1v) is 2.45. The van der Waals surface area contributed by atoms with E-state index < -0.39 is 0 Å². The number of nitrogens with one attached hydrogen (secondary N) is 1. The van der Waals surface area contributed by atoms with Crippen LogP contribution in [0.1, 0.15) is 0 Å². The molecule has 8 heavy (non-hydrogen) atoms. The van der Waals surface area contributed by atoms with Crippen LogP contribution in [0.3, 0.4) is 0 Å². The van der Waals surface area contributed by atoms with E-state index in [9.17, 15) is 0 Å². The Bertz CT molecular complexity index is 96.7. The van der Waals surface area contributed by atoms with E-state index in [2.05, 4.69) is 11.9 Å². The zero-order valence-electron chi connectivity index (χ0n) is 5.02. The summed E-state index contributed by atoms with van der Waals surface area (Å²) in [5, 5.41) is 11.3. The molecule has 0 aromatic heterocycles. The summed E-state index contributed by atoms with van der Waals surface area (Å²) >= 11 is 0. The van der Waals surface area contributed by atoms with Gasteiger partial charge in [0.05, 0.1) is 6.26 Å². The molecule has 2 heteroatoms. The Morgan fingerprint density at radius 2 is 2.50 bits per heavy atom. The third-order valence-corrected chi connectivity index (χ3v) is 0.809. The molecule has 0 bridgehead atoms. The molecule has 0 amide bonds. The summed E-state index contributed by atoms with van der Waals surface area (Å²) in [5.41, 5.74) is 0.799. The normalized spacial score (nSPS) is 11.4. The Hall–Kier alpha value is -0.760. The van der Waals surface area contributed by atoms with Gasteiger partial charge in [-0.05, 0) is 12.6 Å². The van der Waals surface area contributed by atoms with Crippen LogP contribution < -0.4 is 5.32 Å². The van der Waals surface area contributed by atoms with Crippen LogP contribution in [0.4, 0.5) is 0 Å². The fourth-order valence-corrected chi connectivity index (χ4v) is 0.375. The Morgan fingerprint density at radius 1 is 1.88 bits per heavy atom. The fraction of sp³-hybridized carbons (Fsp3) is 0.333. The molecule has 2 nitrogen and oxygen atoms in total. The lowest BCUT2D eigenvalue weighted by Gasteiger charge is -1.94. The molecular formula is C6H11NO. The molecule has 0 aromatic rings. The van der Waals surface area contributed by atoms with E-state index in [1.807, 2.05) is 7.05 Å². The molecule has 0 aliphatic carbocycles. The van der Waals surface area contributed by atoms with Gasteiger partial charge in [0.15, 0.2) is 0 Å². The molecule has 0 heterocycles. The van der Waals surface area contributed by atoms with Gasteiger partial charge in [-0.3, -0.25) is 0 Å². The van der Waals surface area contributed by atoms with Gasteiger partial charge >= 0.3 is 0 Å². The van der Waals surface area contributed by atoms with Gasteiger partial charge in [-0.2, -0.15) is 0 Å². The second-order valence-electron chi connectivity index (χ2n) is 1.44. The number of aliphatic hydroxyl groups is 1. The van der Waals surface area contributed by atoms with E-state index in [1.165, 1.54) is 0 Å². The largest absolute Gasteiger partial charge is 0.515 e. The smallest absolute Gasteiger partial charge is 0.0836 e. The Kier molecular flexibility index (Phi) is 3.98. The van der Waals surface area contributed by atoms with E-state index >= 15 is 0 Å². The third kappa shape index (κ3) is 2.42. The molecule has 0 aliphatic rings. The Balaban J connectivity index is 3.54. The van der Waals surface area contributed by atoms with Gasteiger partial charge in [0.1, 0.15) is 0 Å². The van der Waals surface area contributed by atoms with Gasteiger partial charge in [-0.15, -0.1) is 0 Å². The minimum Gasteiger partial charge on any atom is -0.515 e. The maximum Gasteiger partial charge on any atom is 0.0836 e. The van der Waals surface area contributed by atoms with Crippen molar-refractivity contribution in [2.45, 2.75) is 0 Å². The minimum atomic E-state index is 0.667. The lowest BCUT2D eigenvalue weighted by molar-refractivity contribution is 0.467. The van der Waals surface area contributed by atoms with Crippen molar-refractivity contribution < 1.29 is 5.11 Å². The molecule has 0 unspecified atom stereocenters. The van der Waals surface area contributed by atoms with Gasteiger partial charge in [-0.25, -0.2) is 0 Å². The molecule has 46 valence electrons. The highest BCUT2D eigenvalue weighted by molar-refractivity contribution is 5.14. The van der Waals surface area contributed by atoms with Crippen LogP contribution >= 0.6 is 0 Å². The molecular weight excluding hydrogens is 102 g/mol. The van der Waals surface area contributed by atoms with Crippen LogP contribution in [0.2, 0.25) is 0 Å². The number of hydrogen-bond acceptors (Lipinski definition) is 2. The molecule has 0 spiro atoms. The second kappa shape index (κ2) is 4.40.